The van der Waals surface area contributed by atoms with Crippen molar-refractivity contribution in [2.75, 3.05) is 26.7 Å². The number of likely N-dealkylation sites (tertiary alicyclic amines) is 1. The number of likely N-dealkylation sites (N-methyl/N-ethyl adjacent to an activating group) is 1. The molecule has 35 heavy (non-hydrogen) atoms. The molecule has 1 aromatic heterocycles. The van der Waals surface area contributed by atoms with Gasteiger partial charge in [-0.3, -0.25) is 10.3 Å². The lowest BCUT2D eigenvalue weighted by atomic mass is 9.73. The van der Waals surface area contributed by atoms with Crippen LogP contribution in [-0.4, -0.2) is 63.6 Å². The summed E-state index contributed by atoms with van der Waals surface area (Å²) in [4.78, 5) is 13.9. The summed E-state index contributed by atoms with van der Waals surface area (Å²) in [5, 5.41) is 9.82. The zero-order chi connectivity index (χ0) is 24.1. The lowest BCUT2D eigenvalue weighted by Gasteiger charge is -2.33. The number of halogens is 1. The highest BCUT2D eigenvalue weighted by molar-refractivity contribution is 5.39. The zero-order valence-corrected chi connectivity index (χ0v) is 21.0. The first kappa shape index (κ1) is 23.4. The number of aromatic nitrogens is 2. The summed E-state index contributed by atoms with van der Waals surface area (Å²) in [6.45, 7) is 6.50. The van der Waals surface area contributed by atoms with Crippen LogP contribution in [0.25, 0.3) is 0 Å². The summed E-state index contributed by atoms with van der Waals surface area (Å²) in [7, 11) is 2.26. The van der Waals surface area contributed by atoms with Gasteiger partial charge in [-0.2, -0.15) is 0 Å². The van der Waals surface area contributed by atoms with Gasteiger partial charge >= 0.3 is 0 Å². The molecule has 4 aliphatic rings. The van der Waals surface area contributed by atoms with Gasteiger partial charge in [0.05, 0.1) is 17.4 Å². The monoisotopic (exact) mass is 482 g/mol. The fourth-order valence-corrected chi connectivity index (χ4v) is 7.11. The van der Waals surface area contributed by atoms with E-state index in [4.69, 9.17) is 4.98 Å². The van der Waals surface area contributed by atoms with Crippen molar-refractivity contribution in [3.05, 3.63) is 46.3 Å². The Bertz CT molecular complexity index is 1070. The number of fused-ring (bicyclic) bond motifs is 2. The number of phenols is 1. The van der Waals surface area contributed by atoms with Crippen LogP contribution in [0.5, 0.6) is 5.75 Å². The van der Waals surface area contributed by atoms with Crippen molar-refractivity contribution < 1.29 is 9.50 Å². The molecule has 4 heterocycles. The van der Waals surface area contributed by atoms with Crippen molar-refractivity contribution in [1.82, 2.24) is 30.6 Å². The van der Waals surface area contributed by atoms with Crippen LogP contribution >= 0.6 is 0 Å². The summed E-state index contributed by atoms with van der Waals surface area (Å²) in [5.74, 6) is 1.09. The second-order valence-electron chi connectivity index (χ2n) is 11.2. The van der Waals surface area contributed by atoms with Gasteiger partial charge in [-0.25, -0.2) is 14.8 Å². The second kappa shape index (κ2) is 9.47. The Balaban J connectivity index is 1.13. The molecule has 190 valence electrons. The Kier molecular flexibility index (Phi) is 6.33. The van der Waals surface area contributed by atoms with Gasteiger partial charge in [-0.05, 0) is 87.2 Å². The van der Waals surface area contributed by atoms with E-state index in [0.717, 1.165) is 68.7 Å². The Hall–Kier alpha value is -2.00. The number of nitrogens with one attached hydrogen (secondary N) is 3. The molecule has 1 aliphatic carbocycles. The summed E-state index contributed by atoms with van der Waals surface area (Å²) < 4.78 is 14.2. The molecule has 2 aromatic rings. The number of hydrogen-bond donors (Lipinski definition) is 4. The van der Waals surface area contributed by atoms with Crippen LogP contribution in [0.4, 0.5) is 4.39 Å². The zero-order valence-electron chi connectivity index (χ0n) is 21.0. The summed E-state index contributed by atoms with van der Waals surface area (Å²) in [6, 6.07) is 4.38. The summed E-state index contributed by atoms with van der Waals surface area (Å²) in [6.07, 6.45) is 7.51. The molecule has 3 aliphatic heterocycles. The predicted octanol–water partition coefficient (Wildman–Crippen LogP) is 3.37. The van der Waals surface area contributed by atoms with Gasteiger partial charge in [-0.15, -0.1) is 0 Å². The van der Waals surface area contributed by atoms with Crippen LogP contribution in [0.2, 0.25) is 0 Å². The molecule has 1 aromatic carbocycles. The highest BCUT2D eigenvalue weighted by Crippen LogP contribution is 2.44. The highest BCUT2D eigenvalue weighted by Gasteiger charge is 2.43. The maximum Gasteiger partial charge on any atom is 0.165 e. The maximum atomic E-state index is 14.2. The maximum absolute atomic E-state index is 14.2. The Morgan fingerprint density at radius 1 is 1.17 bits per heavy atom. The van der Waals surface area contributed by atoms with Crippen molar-refractivity contribution in [2.24, 2.45) is 5.92 Å². The molecule has 4 unspecified atom stereocenters. The number of H-pyrrole nitrogens is 1. The topological polar surface area (TPSA) is 79.4 Å². The number of aromatic hydroxyl groups is 1. The van der Waals surface area contributed by atoms with E-state index in [0.29, 0.717) is 23.9 Å². The lowest BCUT2D eigenvalue weighted by Crippen LogP contribution is -2.41. The lowest BCUT2D eigenvalue weighted by molar-refractivity contribution is 0.178. The minimum absolute atomic E-state index is 0.183. The average molecular weight is 483 g/mol. The van der Waals surface area contributed by atoms with Crippen LogP contribution in [0, 0.1) is 11.7 Å². The minimum Gasteiger partial charge on any atom is -0.505 e. The van der Waals surface area contributed by atoms with E-state index in [1.54, 1.807) is 12.1 Å². The molecular weight excluding hydrogens is 443 g/mol. The van der Waals surface area contributed by atoms with Crippen molar-refractivity contribution in [2.45, 2.75) is 82.5 Å². The molecule has 3 fully saturated rings. The number of nitrogens with zero attached hydrogens (tertiary/aromatic N) is 3. The van der Waals surface area contributed by atoms with Crippen molar-refractivity contribution in [3.63, 3.8) is 0 Å². The molecular formula is C27H39FN6O. The average Bonchev–Trinajstić information content (AvgIpc) is 3.58. The van der Waals surface area contributed by atoms with Gasteiger partial charge in [-0.1, -0.05) is 6.92 Å². The van der Waals surface area contributed by atoms with E-state index in [-0.39, 0.29) is 11.8 Å². The van der Waals surface area contributed by atoms with Gasteiger partial charge in [0.1, 0.15) is 5.82 Å². The molecule has 0 amide bonds. The van der Waals surface area contributed by atoms with Crippen molar-refractivity contribution in [1.29, 1.82) is 0 Å². The second-order valence-corrected chi connectivity index (χ2v) is 11.2. The first-order chi connectivity index (χ1) is 17.0. The third-order valence-electron chi connectivity index (χ3n) is 9.15. The smallest absolute Gasteiger partial charge is 0.165 e. The van der Waals surface area contributed by atoms with E-state index >= 15 is 0 Å². The first-order valence-corrected chi connectivity index (χ1v) is 13.5. The van der Waals surface area contributed by atoms with E-state index in [1.807, 2.05) is 0 Å². The Morgan fingerprint density at radius 2 is 2.06 bits per heavy atom. The molecule has 6 rings (SSSR count). The van der Waals surface area contributed by atoms with Crippen molar-refractivity contribution in [3.8, 4) is 5.75 Å². The number of aromatic amines is 1. The number of aryl methyl sites for hydroxylation is 1. The third kappa shape index (κ3) is 4.39. The number of benzene rings is 1. The molecule has 5 atom stereocenters. The first-order valence-electron chi connectivity index (χ1n) is 13.5. The molecule has 0 bridgehead atoms. The van der Waals surface area contributed by atoms with Gasteiger partial charge in [0.2, 0.25) is 0 Å². The number of phenolic OH excluding ortho intramolecular Hbond substituents is 1. The number of hydrogen-bond acceptors (Lipinski definition) is 6. The quantitative estimate of drug-likeness (QED) is 0.523. The fraction of sp³-hybridized carbons (Fsp3) is 0.667. The predicted molar refractivity (Wildman–Crippen MR) is 134 cm³/mol. The van der Waals surface area contributed by atoms with E-state index in [1.165, 1.54) is 30.8 Å². The normalized spacial score (nSPS) is 31.6. The number of imidazole rings is 1. The summed E-state index contributed by atoms with van der Waals surface area (Å²) >= 11 is 0. The van der Waals surface area contributed by atoms with Gasteiger partial charge in [0.25, 0.3) is 0 Å². The molecule has 0 radical (unpaired) electrons. The molecule has 4 N–H and O–H groups in total. The van der Waals surface area contributed by atoms with Crippen LogP contribution in [0.3, 0.4) is 0 Å². The van der Waals surface area contributed by atoms with Crippen LogP contribution in [-0.2, 0) is 19.4 Å². The van der Waals surface area contributed by atoms with Crippen LogP contribution in [0.1, 0.15) is 79.3 Å². The van der Waals surface area contributed by atoms with E-state index in [2.05, 4.69) is 39.6 Å². The molecule has 0 spiro atoms. The van der Waals surface area contributed by atoms with Gasteiger partial charge in [0.15, 0.2) is 11.6 Å². The molecule has 1 saturated carbocycles. The minimum atomic E-state index is -0.510. The number of hydrazine groups is 1. The van der Waals surface area contributed by atoms with Crippen molar-refractivity contribution >= 4 is 0 Å². The SMILES string of the molecule is CCc1cc(O)c(F)cc1C1CCC2C(C1)NNC2c1nc2c([nH]1)CN(C[C@@H]1CCCN1C)CC2. The molecule has 7 nitrogen and oxygen atoms in total. The van der Waals surface area contributed by atoms with Gasteiger partial charge in [0, 0.05) is 38.1 Å². The highest BCUT2D eigenvalue weighted by atomic mass is 19.1. The van der Waals surface area contributed by atoms with E-state index in [9.17, 15) is 9.50 Å². The summed E-state index contributed by atoms with van der Waals surface area (Å²) in [5.41, 5.74) is 11.7. The Labute approximate surface area is 207 Å². The Morgan fingerprint density at radius 3 is 2.86 bits per heavy atom. The van der Waals surface area contributed by atoms with Crippen LogP contribution < -0.4 is 10.9 Å². The van der Waals surface area contributed by atoms with E-state index < -0.39 is 5.82 Å². The largest absolute Gasteiger partial charge is 0.505 e. The third-order valence-corrected chi connectivity index (χ3v) is 9.15. The molecule has 8 heteroatoms. The standard InChI is InChI=1S/C27H39FN6O/c1-3-16-12-25(35)21(28)13-20(16)17-6-7-19-23(11-17)31-32-26(19)27-29-22-8-10-34(15-24(22)30-27)14-18-5-4-9-33(18)2/h12-13,17-19,23,26,31-32,35H,3-11,14-15H2,1-2H3,(H,29,30)/t17?,18-,19?,23?,26?/m0/s1. The number of rotatable bonds is 5. The fourth-order valence-electron chi connectivity index (χ4n) is 7.11. The van der Waals surface area contributed by atoms with Crippen LogP contribution in [0.15, 0.2) is 12.1 Å². The van der Waals surface area contributed by atoms with Gasteiger partial charge < -0.3 is 15.0 Å². The molecule has 2 saturated heterocycles.